The number of nitrogens with zero attached hydrogens (tertiary/aromatic N) is 1. The van der Waals surface area contributed by atoms with Crippen LogP contribution >= 0.6 is 27.3 Å². The fourth-order valence-electron chi connectivity index (χ4n) is 1.43. The molecule has 0 unspecified atom stereocenters. The molecule has 0 fully saturated rings. The van der Waals surface area contributed by atoms with Crippen LogP contribution in [0.5, 0.6) is 5.75 Å². The highest BCUT2D eigenvalue weighted by Crippen LogP contribution is 2.25. The van der Waals surface area contributed by atoms with Crippen molar-refractivity contribution in [1.29, 1.82) is 0 Å². The Hall–Kier alpha value is -1.66. The van der Waals surface area contributed by atoms with Crippen molar-refractivity contribution in [2.24, 2.45) is 5.10 Å². The highest BCUT2D eigenvalue weighted by Gasteiger charge is 2.04. The molecular formula is C14H13BrN2O2S. The average molecular weight is 353 g/mol. The number of hydrogen-bond donors (Lipinski definition) is 1. The number of thiophene rings is 1. The molecule has 6 heteroatoms. The predicted octanol–water partition coefficient (Wildman–Crippen LogP) is 3.35. The number of aryl methyl sites for hydroxylation is 1. The Balaban J connectivity index is 1.80. The van der Waals surface area contributed by atoms with Gasteiger partial charge in [0, 0.05) is 4.88 Å². The second kappa shape index (κ2) is 7.21. The molecule has 1 amide bonds. The summed E-state index contributed by atoms with van der Waals surface area (Å²) in [5.74, 6) is 0.332. The Morgan fingerprint density at radius 1 is 1.50 bits per heavy atom. The summed E-state index contributed by atoms with van der Waals surface area (Å²) < 4.78 is 6.24. The second-order valence-corrected chi connectivity index (χ2v) is 5.86. The van der Waals surface area contributed by atoms with Crippen molar-refractivity contribution in [3.05, 3.63) is 50.6 Å². The molecule has 1 N–H and O–H groups in total. The zero-order valence-electron chi connectivity index (χ0n) is 10.8. The van der Waals surface area contributed by atoms with Crippen molar-refractivity contribution in [2.45, 2.75) is 6.92 Å². The molecule has 4 nitrogen and oxygen atoms in total. The standard InChI is InChI=1S/C14H13BrN2O2S/c1-10-4-5-13(12(15)7-10)19-9-14(18)17-16-8-11-3-2-6-20-11/h2-8H,9H2,1H3,(H,17,18). The average Bonchev–Trinajstić information content (AvgIpc) is 2.91. The van der Waals surface area contributed by atoms with Crippen molar-refractivity contribution in [2.75, 3.05) is 6.61 Å². The maximum Gasteiger partial charge on any atom is 0.277 e. The van der Waals surface area contributed by atoms with Gasteiger partial charge < -0.3 is 4.74 Å². The van der Waals surface area contributed by atoms with Crippen molar-refractivity contribution >= 4 is 39.4 Å². The van der Waals surface area contributed by atoms with E-state index in [0.29, 0.717) is 5.75 Å². The molecule has 0 saturated carbocycles. The van der Waals surface area contributed by atoms with Gasteiger partial charge in [-0.1, -0.05) is 12.1 Å². The first-order valence-electron chi connectivity index (χ1n) is 5.89. The number of hydrogen-bond acceptors (Lipinski definition) is 4. The third kappa shape index (κ3) is 4.47. The van der Waals surface area contributed by atoms with E-state index in [-0.39, 0.29) is 12.5 Å². The molecule has 2 aromatic rings. The van der Waals surface area contributed by atoms with Crippen LogP contribution in [-0.2, 0) is 4.79 Å². The summed E-state index contributed by atoms with van der Waals surface area (Å²) in [4.78, 5) is 12.5. The van der Waals surface area contributed by atoms with Gasteiger partial charge in [-0.25, -0.2) is 5.43 Å². The first-order chi connectivity index (χ1) is 9.65. The second-order valence-electron chi connectivity index (χ2n) is 4.03. The molecule has 104 valence electrons. The molecule has 0 aliphatic heterocycles. The lowest BCUT2D eigenvalue weighted by molar-refractivity contribution is -0.123. The normalized spacial score (nSPS) is 10.7. The summed E-state index contributed by atoms with van der Waals surface area (Å²) in [5.41, 5.74) is 3.54. The Kier molecular flexibility index (Phi) is 5.31. The van der Waals surface area contributed by atoms with Crippen LogP contribution in [0.1, 0.15) is 10.4 Å². The number of hydrazone groups is 1. The van der Waals surface area contributed by atoms with E-state index in [1.807, 2.05) is 42.6 Å². The summed E-state index contributed by atoms with van der Waals surface area (Å²) in [7, 11) is 0. The van der Waals surface area contributed by atoms with Gasteiger partial charge in [-0.3, -0.25) is 4.79 Å². The number of amides is 1. The van der Waals surface area contributed by atoms with Gasteiger partial charge in [-0.05, 0) is 52.0 Å². The Bertz CT molecular complexity index is 612. The van der Waals surface area contributed by atoms with Gasteiger partial charge in [0.2, 0.25) is 0 Å². The van der Waals surface area contributed by atoms with Crippen LogP contribution in [0.4, 0.5) is 0 Å². The van der Waals surface area contributed by atoms with Crippen LogP contribution in [0.25, 0.3) is 0 Å². The van der Waals surface area contributed by atoms with Crippen molar-refractivity contribution in [3.8, 4) is 5.75 Å². The monoisotopic (exact) mass is 352 g/mol. The van der Waals surface area contributed by atoms with Gasteiger partial charge in [0.05, 0.1) is 10.7 Å². The molecule has 0 atom stereocenters. The molecule has 0 aliphatic rings. The van der Waals surface area contributed by atoms with Crippen LogP contribution in [0.3, 0.4) is 0 Å². The van der Waals surface area contributed by atoms with E-state index < -0.39 is 0 Å². The number of nitrogens with one attached hydrogen (secondary N) is 1. The summed E-state index contributed by atoms with van der Waals surface area (Å²) in [6.45, 7) is 1.91. The number of rotatable bonds is 5. The largest absolute Gasteiger partial charge is 0.483 e. The molecular weight excluding hydrogens is 340 g/mol. The fraction of sp³-hybridized carbons (Fsp3) is 0.143. The smallest absolute Gasteiger partial charge is 0.277 e. The Morgan fingerprint density at radius 3 is 3.05 bits per heavy atom. The van der Waals surface area contributed by atoms with E-state index in [1.54, 1.807) is 17.6 Å². The van der Waals surface area contributed by atoms with E-state index >= 15 is 0 Å². The highest BCUT2D eigenvalue weighted by molar-refractivity contribution is 9.10. The zero-order valence-corrected chi connectivity index (χ0v) is 13.2. The number of benzene rings is 1. The maximum absolute atomic E-state index is 11.6. The molecule has 2 rings (SSSR count). The lowest BCUT2D eigenvalue weighted by Gasteiger charge is -2.07. The van der Waals surface area contributed by atoms with Crippen LogP contribution < -0.4 is 10.2 Å². The summed E-state index contributed by atoms with van der Waals surface area (Å²) in [6, 6.07) is 9.52. The predicted molar refractivity (Wildman–Crippen MR) is 84.4 cm³/mol. The topological polar surface area (TPSA) is 50.7 Å². The van der Waals surface area contributed by atoms with Crippen LogP contribution in [-0.4, -0.2) is 18.7 Å². The molecule has 0 radical (unpaired) electrons. The van der Waals surface area contributed by atoms with E-state index in [1.165, 1.54) is 0 Å². The molecule has 0 spiro atoms. The lowest BCUT2D eigenvalue weighted by Crippen LogP contribution is -2.24. The van der Waals surface area contributed by atoms with E-state index in [4.69, 9.17) is 4.74 Å². The van der Waals surface area contributed by atoms with Crippen LogP contribution in [0.2, 0.25) is 0 Å². The molecule has 0 saturated heterocycles. The fourth-order valence-corrected chi connectivity index (χ4v) is 2.62. The first-order valence-corrected chi connectivity index (χ1v) is 7.57. The number of carbonyl (C=O) groups is 1. The minimum Gasteiger partial charge on any atom is -0.483 e. The minimum atomic E-state index is -0.301. The van der Waals surface area contributed by atoms with E-state index in [2.05, 4.69) is 26.5 Å². The quantitative estimate of drug-likeness (QED) is 0.662. The molecule has 0 aliphatic carbocycles. The van der Waals surface area contributed by atoms with Crippen molar-refractivity contribution in [1.82, 2.24) is 5.43 Å². The van der Waals surface area contributed by atoms with Gasteiger partial charge in [0.1, 0.15) is 5.75 Å². The minimum absolute atomic E-state index is 0.0799. The number of halogens is 1. The van der Waals surface area contributed by atoms with Crippen molar-refractivity contribution < 1.29 is 9.53 Å². The lowest BCUT2D eigenvalue weighted by atomic mass is 10.2. The van der Waals surface area contributed by atoms with Gasteiger partial charge in [0.25, 0.3) is 5.91 Å². The molecule has 1 heterocycles. The summed E-state index contributed by atoms with van der Waals surface area (Å²) in [6.07, 6.45) is 1.60. The molecule has 1 aromatic heterocycles. The maximum atomic E-state index is 11.6. The Morgan fingerprint density at radius 2 is 2.35 bits per heavy atom. The SMILES string of the molecule is Cc1ccc(OCC(=O)NN=Cc2cccs2)c(Br)c1. The van der Waals surface area contributed by atoms with Crippen LogP contribution in [0.15, 0.2) is 45.3 Å². The summed E-state index contributed by atoms with van der Waals surface area (Å²) >= 11 is 4.94. The van der Waals surface area contributed by atoms with Crippen molar-refractivity contribution in [3.63, 3.8) is 0 Å². The van der Waals surface area contributed by atoms with E-state index in [9.17, 15) is 4.79 Å². The summed E-state index contributed by atoms with van der Waals surface area (Å²) in [5, 5.41) is 5.80. The van der Waals surface area contributed by atoms with Gasteiger partial charge in [0.15, 0.2) is 6.61 Å². The molecule has 0 bridgehead atoms. The molecule has 20 heavy (non-hydrogen) atoms. The first kappa shape index (κ1) is 14.7. The third-order valence-electron chi connectivity index (χ3n) is 2.37. The third-order valence-corrected chi connectivity index (χ3v) is 3.80. The Labute approximate surface area is 129 Å². The van der Waals surface area contributed by atoms with Crippen LogP contribution in [0, 0.1) is 6.92 Å². The van der Waals surface area contributed by atoms with E-state index in [0.717, 1.165) is 14.9 Å². The van der Waals surface area contributed by atoms with Gasteiger partial charge in [-0.15, -0.1) is 11.3 Å². The molecule has 1 aromatic carbocycles. The zero-order chi connectivity index (χ0) is 14.4. The number of carbonyl (C=O) groups excluding carboxylic acids is 1. The number of ether oxygens (including phenoxy) is 1. The van der Waals surface area contributed by atoms with Gasteiger partial charge in [-0.2, -0.15) is 5.10 Å². The van der Waals surface area contributed by atoms with Gasteiger partial charge >= 0.3 is 0 Å². The highest BCUT2D eigenvalue weighted by atomic mass is 79.9.